The number of carbonyl (C=O) groups is 1. The minimum Gasteiger partial charge on any atom is -0.384 e. The van der Waals surface area contributed by atoms with Crippen molar-refractivity contribution in [3.63, 3.8) is 0 Å². The third kappa shape index (κ3) is 5.41. The molecular formula is C17H24Cl2N4O3. The van der Waals surface area contributed by atoms with Crippen LogP contribution in [0.2, 0.25) is 0 Å². The monoisotopic (exact) mass is 402 g/mol. The third-order valence-corrected chi connectivity index (χ3v) is 4.45. The number of rotatable bonds is 6. The largest absolute Gasteiger partial charge is 0.384 e. The summed E-state index contributed by atoms with van der Waals surface area (Å²) >= 11 is 0. The molecule has 2 N–H and O–H groups in total. The van der Waals surface area contributed by atoms with Gasteiger partial charge in [-0.2, -0.15) is 0 Å². The molecule has 0 aromatic carbocycles. The van der Waals surface area contributed by atoms with Crippen molar-refractivity contribution in [2.75, 3.05) is 33.4 Å². The van der Waals surface area contributed by atoms with E-state index in [-0.39, 0.29) is 41.8 Å². The van der Waals surface area contributed by atoms with Crippen molar-refractivity contribution in [1.82, 2.24) is 20.8 Å². The van der Waals surface area contributed by atoms with Crippen LogP contribution in [0.4, 0.5) is 0 Å². The Labute approximate surface area is 165 Å². The topological polar surface area (TPSA) is 89.3 Å². The molecule has 1 saturated heterocycles. The number of methoxy groups -OCH3 is 1. The van der Waals surface area contributed by atoms with Gasteiger partial charge < -0.3 is 19.9 Å². The first-order chi connectivity index (χ1) is 11.7. The Balaban J connectivity index is 0.00000169. The normalized spacial score (nSPS) is 15.4. The number of amides is 1. The summed E-state index contributed by atoms with van der Waals surface area (Å²) in [5.41, 5.74) is 1.10. The number of nitrogens with one attached hydrogen (secondary N) is 2. The lowest BCUT2D eigenvalue weighted by Crippen LogP contribution is -2.47. The number of hydrogen-bond acceptors (Lipinski definition) is 6. The summed E-state index contributed by atoms with van der Waals surface area (Å²) in [5.74, 6) is 0.323. The van der Waals surface area contributed by atoms with E-state index in [9.17, 15) is 4.79 Å². The summed E-state index contributed by atoms with van der Waals surface area (Å²) in [7, 11) is 1.70. The van der Waals surface area contributed by atoms with Crippen LogP contribution in [0.25, 0.3) is 11.3 Å². The Kier molecular flexibility index (Phi) is 9.01. The SMILES string of the molecule is COCC1(CNC(=O)c2cc(-c3ccncc3)on2)CCNCC1.Cl.Cl. The molecular weight excluding hydrogens is 379 g/mol. The number of aromatic nitrogens is 2. The second-order valence-corrected chi connectivity index (χ2v) is 6.18. The van der Waals surface area contributed by atoms with E-state index in [0.29, 0.717) is 18.9 Å². The molecule has 1 fully saturated rings. The third-order valence-electron chi connectivity index (χ3n) is 4.45. The van der Waals surface area contributed by atoms with Crippen LogP contribution in [-0.4, -0.2) is 49.4 Å². The van der Waals surface area contributed by atoms with Crippen LogP contribution >= 0.6 is 24.8 Å². The van der Waals surface area contributed by atoms with E-state index >= 15 is 0 Å². The van der Waals surface area contributed by atoms with E-state index in [2.05, 4.69) is 20.8 Å². The summed E-state index contributed by atoms with van der Waals surface area (Å²) in [4.78, 5) is 16.3. The maximum atomic E-state index is 12.4. The Morgan fingerprint density at radius 2 is 2.00 bits per heavy atom. The summed E-state index contributed by atoms with van der Waals surface area (Å²) in [6.45, 7) is 3.08. The molecule has 26 heavy (non-hydrogen) atoms. The molecule has 0 unspecified atom stereocenters. The van der Waals surface area contributed by atoms with Gasteiger partial charge in [0.1, 0.15) is 0 Å². The van der Waals surface area contributed by atoms with E-state index in [4.69, 9.17) is 9.26 Å². The van der Waals surface area contributed by atoms with E-state index in [0.717, 1.165) is 31.5 Å². The molecule has 0 radical (unpaired) electrons. The van der Waals surface area contributed by atoms with E-state index in [1.807, 2.05) is 12.1 Å². The van der Waals surface area contributed by atoms with Crippen molar-refractivity contribution in [3.8, 4) is 11.3 Å². The summed E-state index contributed by atoms with van der Waals surface area (Å²) in [5, 5.41) is 10.2. The van der Waals surface area contributed by atoms with Crippen molar-refractivity contribution >= 4 is 30.7 Å². The zero-order valence-corrected chi connectivity index (χ0v) is 16.2. The van der Waals surface area contributed by atoms with Gasteiger partial charge in [0, 0.05) is 43.1 Å². The molecule has 1 amide bonds. The van der Waals surface area contributed by atoms with Crippen LogP contribution in [0.15, 0.2) is 35.1 Å². The van der Waals surface area contributed by atoms with Crippen molar-refractivity contribution in [2.24, 2.45) is 5.41 Å². The van der Waals surface area contributed by atoms with Gasteiger partial charge in [0.2, 0.25) is 0 Å². The lowest BCUT2D eigenvalue weighted by molar-refractivity contribution is 0.0510. The standard InChI is InChI=1S/C17H22N4O3.2ClH/c1-23-12-17(4-8-19-9-5-17)11-20-16(22)14-10-15(24-21-14)13-2-6-18-7-3-13;;/h2-3,6-7,10,19H,4-5,8-9,11-12H2,1H3,(H,20,22);2*1H. The molecule has 0 saturated carbocycles. The number of halogens is 2. The van der Waals surface area contributed by atoms with Crippen LogP contribution in [0.5, 0.6) is 0 Å². The van der Waals surface area contributed by atoms with Gasteiger partial charge in [-0.25, -0.2) is 0 Å². The number of carbonyl (C=O) groups excluding carboxylic acids is 1. The summed E-state index contributed by atoms with van der Waals surface area (Å²) in [6.07, 6.45) is 5.29. The molecule has 1 aliphatic heterocycles. The van der Waals surface area contributed by atoms with Gasteiger partial charge in [0.05, 0.1) is 6.61 Å². The number of nitrogens with zero attached hydrogens (tertiary/aromatic N) is 2. The fourth-order valence-corrected chi connectivity index (χ4v) is 3.03. The molecule has 3 rings (SSSR count). The van der Waals surface area contributed by atoms with Gasteiger partial charge in [0.15, 0.2) is 11.5 Å². The average molecular weight is 403 g/mol. The molecule has 0 spiro atoms. The molecule has 1 aliphatic rings. The average Bonchev–Trinajstić information content (AvgIpc) is 3.12. The second-order valence-electron chi connectivity index (χ2n) is 6.18. The predicted molar refractivity (Wildman–Crippen MR) is 103 cm³/mol. The van der Waals surface area contributed by atoms with E-state index < -0.39 is 0 Å². The highest BCUT2D eigenvalue weighted by atomic mass is 35.5. The van der Waals surface area contributed by atoms with Crippen molar-refractivity contribution < 1.29 is 14.1 Å². The van der Waals surface area contributed by atoms with Crippen molar-refractivity contribution in [2.45, 2.75) is 12.8 Å². The Morgan fingerprint density at radius 3 is 2.65 bits per heavy atom. The lowest BCUT2D eigenvalue weighted by Gasteiger charge is -2.37. The van der Waals surface area contributed by atoms with Gasteiger partial charge in [-0.05, 0) is 38.1 Å². The molecule has 2 aromatic heterocycles. The molecule has 9 heteroatoms. The highest BCUT2D eigenvalue weighted by molar-refractivity contribution is 5.93. The molecule has 2 aromatic rings. The summed E-state index contributed by atoms with van der Waals surface area (Å²) in [6, 6.07) is 5.27. The molecule has 0 bridgehead atoms. The van der Waals surface area contributed by atoms with Gasteiger partial charge in [-0.3, -0.25) is 9.78 Å². The molecule has 3 heterocycles. The smallest absolute Gasteiger partial charge is 0.273 e. The van der Waals surface area contributed by atoms with Crippen LogP contribution in [0, 0.1) is 5.41 Å². The number of hydrogen-bond donors (Lipinski definition) is 2. The number of piperidine rings is 1. The minimum atomic E-state index is -0.229. The lowest BCUT2D eigenvalue weighted by atomic mass is 9.79. The zero-order valence-electron chi connectivity index (χ0n) is 14.6. The first-order valence-corrected chi connectivity index (χ1v) is 8.07. The van der Waals surface area contributed by atoms with Crippen LogP contribution in [0.1, 0.15) is 23.3 Å². The molecule has 0 atom stereocenters. The number of pyridine rings is 1. The zero-order chi connectivity index (χ0) is 16.8. The highest BCUT2D eigenvalue weighted by Gasteiger charge is 2.32. The fraction of sp³-hybridized carbons (Fsp3) is 0.471. The maximum absolute atomic E-state index is 12.4. The van der Waals surface area contributed by atoms with Crippen molar-refractivity contribution in [3.05, 3.63) is 36.3 Å². The number of ether oxygens (including phenoxy) is 1. The van der Waals surface area contributed by atoms with Crippen molar-refractivity contribution in [1.29, 1.82) is 0 Å². The van der Waals surface area contributed by atoms with Crippen LogP contribution in [-0.2, 0) is 4.74 Å². The second kappa shape index (κ2) is 10.5. The molecule has 0 aliphatic carbocycles. The minimum absolute atomic E-state index is 0. The van der Waals surface area contributed by atoms with E-state index in [1.165, 1.54) is 0 Å². The predicted octanol–water partition coefficient (Wildman–Crippen LogP) is 2.33. The first-order valence-electron chi connectivity index (χ1n) is 8.07. The first kappa shape index (κ1) is 22.4. The van der Waals surface area contributed by atoms with Gasteiger partial charge >= 0.3 is 0 Å². The Bertz CT molecular complexity index is 670. The van der Waals surface area contributed by atoms with Gasteiger partial charge in [-0.1, -0.05) is 5.16 Å². The van der Waals surface area contributed by atoms with Crippen LogP contribution in [0.3, 0.4) is 0 Å². The maximum Gasteiger partial charge on any atom is 0.273 e. The summed E-state index contributed by atoms with van der Waals surface area (Å²) < 4.78 is 10.6. The quantitative estimate of drug-likeness (QED) is 0.770. The van der Waals surface area contributed by atoms with Crippen LogP contribution < -0.4 is 10.6 Å². The van der Waals surface area contributed by atoms with E-state index in [1.54, 1.807) is 25.6 Å². The van der Waals surface area contributed by atoms with Gasteiger partial charge in [0.25, 0.3) is 5.91 Å². The Morgan fingerprint density at radius 1 is 1.31 bits per heavy atom. The highest BCUT2D eigenvalue weighted by Crippen LogP contribution is 2.28. The Hall–Kier alpha value is -1.67. The molecule has 7 nitrogen and oxygen atoms in total. The fourth-order valence-electron chi connectivity index (χ4n) is 3.03. The van der Waals surface area contributed by atoms with Gasteiger partial charge in [-0.15, -0.1) is 24.8 Å². The molecule has 144 valence electrons.